The van der Waals surface area contributed by atoms with Gasteiger partial charge in [0, 0.05) is 6.08 Å². The summed E-state index contributed by atoms with van der Waals surface area (Å²) in [4.78, 5) is 10.3. The Bertz CT molecular complexity index is 516. The second-order valence-corrected chi connectivity index (χ2v) is 3.00. The maximum Gasteiger partial charge on any atom is 0.328 e. The molecular formula is C10H9N3O2. The number of benzene rings is 1. The first-order chi connectivity index (χ1) is 7.27. The zero-order valence-corrected chi connectivity index (χ0v) is 7.87. The van der Waals surface area contributed by atoms with Gasteiger partial charge in [0.2, 0.25) is 0 Å². The minimum atomic E-state index is -0.959. The van der Waals surface area contributed by atoms with E-state index in [9.17, 15) is 4.79 Å². The van der Waals surface area contributed by atoms with Crippen LogP contribution in [0.25, 0.3) is 11.0 Å². The lowest BCUT2D eigenvalue weighted by Gasteiger charge is -1.95. The smallest absolute Gasteiger partial charge is 0.328 e. The lowest BCUT2D eigenvalue weighted by atomic mass is 10.3. The fourth-order valence-corrected chi connectivity index (χ4v) is 1.31. The van der Waals surface area contributed by atoms with Crippen molar-refractivity contribution in [3.8, 4) is 0 Å². The van der Waals surface area contributed by atoms with Crippen molar-refractivity contribution in [2.45, 2.75) is 6.54 Å². The molecule has 0 aliphatic heterocycles. The summed E-state index contributed by atoms with van der Waals surface area (Å²) in [6, 6.07) is 7.53. The van der Waals surface area contributed by atoms with Gasteiger partial charge < -0.3 is 5.11 Å². The highest BCUT2D eigenvalue weighted by Gasteiger charge is 2.00. The molecule has 0 bridgehead atoms. The Kier molecular flexibility index (Phi) is 2.45. The zero-order valence-electron chi connectivity index (χ0n) is 7.87. The van der Waals surface area contributed by atoms with Gasteiger partial charge in [-0.15, -0.1) is 5.10 Å². The van der Waals surface area contributed by atoms with Crippen LogP contribution in [0.1, 0.15) is 0 Å². The molecule has 0 fully saturated rings. The molecular weight excluding hydrogens is 194 g/mol. The molecule has 0 atom stereocenters. The Morgan fingerprint density at radius 1 is 1.47 bits per heavy atom. The quantitative estimate of drug-likeness (QED) is 0.757. The number of fused-ring (bicyclic) bond motifs is 1. The van der Waals surface area contributed by atoms with Crippen LogP contribution in [0.5, 0.6) is 0 Å². The first kappa shape index (κ1) is 9.39. The van der Waals surface area contributed by atoms with Gasteiger partial charge in [0.15, 0.2) is 0 Å². The van der Waals surface area contributed by atoms with Crippen molar-refractivity contribution >= 4 is 17.0 Å². The van der Waals surface area contributed by atoms with E-state index in [0.717, 1.165) is 17.1 Å². The molecule has 2 rings (SSSR count). The average Bonchev–Trinajstić information content (AvgIpc) is 2.62. The van der Waals surface area contributed by atoms with Crippen molar-refractivity contribution in [3.05, 3.63) is 36.4 Å². The molecule has 1 aromatic carbocycles. The number of rotatable bonds is 3. The number of carbonyl (C=O) groups is 1. The van der Waals surface area contributed by atoms with Gasteiger partial charge in [0.25, 0.3) is 0 Å². The number of carboxylic acid groups (broad SMARTS) is 1. The Labute approximate surface area is 85.6 Å². The molecule has 0 aliphatic rings. The average molecular weight is 203 g/mol. The third-order valence-electron chi connectivity index (χ3n) is 1.96. The van der Waals surface area contributed by atoms with Crippen LogP contribution in [0.4, 0.5) is 0 Å². The van der Waals surface area contributed by atoms with E-state index in [4.69, 9.17) is 5.11 Å². The van der Waals surface area contributed by atoms with Crippen LogP contribution in [0.2, 0.25) is 0 Å². The number of carboxylic acids is 1. The summed E-state index contributed by atoms with van der Waals surface area (Å²) < 4.78 is 1.65. The summed E-state index contributed by atoms with van der Waals surface area (Å²) in [6.07, 6.45) is 2.62. The standard InChI is InChI=1S/C10H9N3O2/c14-10(15)6-3-7-13-9-5-2-1-4-8(9)11-12-13/h1-6H,7H2,(H,14,15). The van der Waals surface area contributed by atoms with Crippen LogP contribution in [-0.4, -0.2) is 26.1 Å². The van der Waals surface area contributed by atoms with Crippen LogP contribution >= 0.6 is 0 Å². The van der Waals surface area contributed by atoms with Crippen LogP contribution in [0.3, 0.4) is 0 Å². The van der Waals surface area contributed by atoms with E-state index in [1.54, 1.807) is 4.68 Å². The Morgan fingerprint density at radius 2 is 2.27 bits per heavy atom. The third-order valence-corrected chi connectivity index (χ3v) is 1.96. The van der Waals surface area contributed by atoms with Gasteiger partial charge >= 0.3 is 5.97 Å². The molecule has 0 amide bonds. The number of nitrogens with zero attached hydrogens (tertiary/aromatic N) is 3. The molecule has 5 heteroatoms. The maximum absolute atomic E-state index is 10.3. The number of para-hydroxylation sites is 1. The molecule has 1 heterocycles. The Hall–Kier alpha value is -2.17. The van der Waals surface area contributed by atoms with Crippen molar-refractivity contribution in [1.82, 2.24) is 15.0 Å². The summed E-state index contributed by atoms with van der Waals surface area (Å²) in [7, 11) is 0. The number of allylic oxidation sites excluding steroid dienone is 1. The fourth-order valence-electron chi connectivity index (χ4n) is 1.31. The molecule has 15 heavy (non-hydrogen) atoms. The first-order valence-electron chi connectivity index (χ1n) is 4.45. The van der Waals surface area contributed by atoms with Crippen LogP contribution in [-0.2, 0) is 11.3 Å². The van der Waals surface area contributed by atoms with Crippen molar-refractivity contribution in [2.75, 3.05) is 0 Å². The predicted octanol–water partition coefficient (Wildman–Crippen LogP) is 1.07. The monoisotopic (exact) mass is 203 g/mol. The van der Waals surface area contributed by atoms with Crippen LogP contribution in [0.15, 0.2) is 36.4 Å². The summed E-state index contributed by atoms with van der Waals surface area (Å²) in [5, 5.41) is 16.3. The molecule has 0 saturated heterocycles. The van der Waals surface area contributed by atoms with Crippen molar-refractivity contribution in [1.29, 1.82) is 0 Å². The van der Waals surface area contributed by atoms with E-state index in [0.29, 0.717) is 6.54 Å². The normalized spacial score (nSPS) is 11.2. The van der Waals surface area contributed by atoms with Gasteiger partial charge in [-0.1, -0.05) is 23.4 Å². The fraction of sp³-hybridized carbons (Fsp3) is 0.100. The second kappa shape index (κ2) is 3.91. The number of aromatic nitrogens is 3. The van der Waals surface area contributed by atoms with Crippen molar-refractivity contribution in [2.24, 2.45) is 0 Å². The van der Waals surface area contributed by atoms with Crippen molar-refractivity contribution < 1.29 is 9.90 Å². The molecule has 2 aromatic rings. The first-order valence-corrected chi connectivity index (χ1v) is 4.45. The highest BCUT2D eigenvalue weighted by molar-refractivity contribution is 5.79. The van der Waals surface area contributed by atoms with Gasteiger partial charge in [0.05, 0.1) is 12.1 Å². The van der Waals surface area contributed by atoms with E-state index < -0.39 is 5.97 Å². The van der Waals surface area contributed by atoms with E-state index >= 15 is 0 Å². The molecule has 1 N–H and O–H groups in total. The molecule has 0 unspecified atom stereocenters. The number of hydrogen-bond acceptors (Lipinski definition) is 3. The second-order valence-electron chi connectivity index (χ2n) is 3.00. The topological polar surface area (TPSA) is 68.0 Å². The van der Waals surface area contributed by atoms with Gasteiger partial charge in [-0.05, 0) is 12.1 Å². The summed E-state index contributed by atoms with van der Waals surface area (Å²) in [5.74, 6) is -0.959. The van der Waals surface area contributed by atoms with Gasteiger partial charge in [-0.3, -0.25) is 0 Å². The highest BCUT2D eigenvalue weighted by Crippen LogP contribution is 2.09. The van der Waals surface area contributed by atoms with Crippen LogP contribution in [0, 0.1) is 0 Å². The largest absolute Gasteiger partial charge is 0.478 e. The SMILES string of the molecule is O=C(O)C=CCn1nnc2ccccc21. The lowest BCUT2D eigenvalue weighted by Crippen LogP contribution is -1.98. The van der Waals surface area contributed by atoms with Gasteiger partial charge in [-0.2, -0.15) is 0 Å². The lowest BCUT2D eigenvalue weighted by molar-refractivity contribution is -0.131. The third kappa shape index (κ3) is 2.01. The summed E-state index contributed by atoms with van der Waals surface area (Å²) >= 11 is 0. The number of aliphatic carboxylic acids is 1. The Balaban J connectivity index is 2.25. The highest BCUT2D eigenvalue weighted by atomic mass is 16.4. The van der Waals surface area contributed by atoms with Crippen LogP contribution < -0.4 is 0 Å². The molecule has 1 aromatic heterocycles. The van der Waals surface area contributed by atoms with Crippen molar-refractivity contribution in [3.63, 3.8) is 0 Å². The zero-order chi connectivity index (χ0) is 10.7. The maximum atomic E-state index is 10.3. The Morgan fingerprint density at radius 3 is 3.07 bits per heavy atom. The molecule has 0 spiro atoms. The van der Waals surface area contributed by atoms with E-state index in [-0.39, 0.29) is 0 Å². The molecule has 0 saturated carbocycles. The van der Waals surface area contributed by atoms with E-state index in [2.05, 4.69) is 10.3 Å². The minimum Gasteiger partial charge on any atom is -0.478 e. The predicted molar refractivity (Wildman–Crippen MR) is 54.3 cm³/mol. The molecule has 76 valence electrons. The molecule has 5 nitrogen and oxygen atoms in total. The minimum absolute atomic E-state index is 0.410. The summed E-state index contributed by atoms with van der Waals surface area (Å²) in [5.41, 5.74) is 1.70. The van der Waals surface area contributed by atoms with Gasteiger partial charge in [-0.25, -0.2) is 9.48 Å². The van der Waals surface area contributed by atoms with Gasteiger partial charge in [0.1, 0.15) is 5.52 Å². The van der Waals surface area contributed by atoms with E-state index in [1.807, 2.05) is 24.3 Å². The molecule has 0 aliphatic carbocycles. The van der Waals surface area contributed by atoms with E-state index in [1.165, 1.54) is 6.08 Å². The molecule has 0 radical (unpaired) electrons. The summed E-state index contributed by atoms with van der Waals surface area (Å²) in [6.45, 7) is 0.410. The number of hydrogen-bond donors (Lipinski definition) is 1.